The first-order valence-corrected chi connectivity index (χ1v) is 16.4. The Kier molecular flexibility index (Phi) is 8.73. The summed E-state index contributed by atoms with van der Waals surface area (Å²) < 4.78 is 48.6. The van der Waals surface area contributed by atoms with Crippen molar-refractivity contribution in [3.05, 3.63) is 66.2 Å². The number of thioether (sulfide) groups is 1. The van der Waals surface area contributed by atoms with Crippen molar-refractivity contribution < 1.29 is 27.8 Å². The van der Waals surface area contributed by atoms with Gasteiger partial charge in [-0.3, -0.25) is 4.79 Å². The number of fused-ring (bicyclic) bond motifs is 1. The lowest BCUT2D eigenvalue weighted by molar-refractivity contribution is -0.198. The number of aliphatic carboxylic acids is 1. The molecular weight excluding hydrogens is 617 g/mol. The van der Waals surface area contributed by atoms with E-state index in [1.165, 1.54) is 18.2 Å². The van der Waals surface area contributed by atoms with Crippen LogP contribution in [0.2, 0.25) is 0 Å². The van der Waals surface area contributed by atoms with Crippen molar-refractivity contribution in [2.45, 2.75) is 62.0 Å². The van der Waals surface area contributed by atoms with Crippen LogP contribution < -0.4 is 20.7 Å². The molecule has 0 amide bonds. The third-order valence-corrected chi connectivity index (χ3v) is 9.85. The predicted molar refractivity (Wildman–Crippen MR) is 172 cm³/mol. The maximum atomic E-state index is 14.4. The van der Waals surface area contributed by atoms with Crippen LogP contribution in [0.3, 0.4) is 0 Å². The number of halogens is 3. The Morgan fingerprint density at radius 2 is 1.80 bits per heavy atom. The van der Waals surface area contributed by atoms with Gasteiger partial charge in [0.1, 0.15) is 11.9 Å². The van der Waals surface area contributed by atoms with E-state index in [0.29, 0.717) is 38.2 Å². The topological polar surface area (TPSA) is 126 Å². The second kappa shape index (κ2) is 12.6. The second-order valence-corrected chi connectivity index (χ2v) is 12.7. The number of carboxylic acid groups (broad SMARTS) is 1. The molecule has 2 unspecified atom stereocenters. The third-order valence-electron chi connectivity index (χ3n) is 9.20. The zero-order valence-electron chi connectivity index (χ0n) is 25.4. The Morgan fingerprint density at radius 3 is 2.46 bits per heavy atom. The first-order chi connectivity index (χ1) is 22.0. The number of alkyl halides is 3. The molecule has 0 radical (unpaired) electrons. The van der Waals surface area contributed by atoms with E-state index in [9.17, 15) is 23.1 Å². The molecule has 4 aromatic rings. The summed E-state index contributed by atoms with van der Waals surface area (Å²) in [5.74, 6) is -0.953. The monoisotopic (exact) mass is 652 g/mol. The lowest BCUT2D eigenvalue weighted by Crippen LogP contribution is -2.46. The molecule has 4 heterocycles. The zero-order chi connectivity index (χ0) is 32.6. The van der Waals surface area contributed by atoms with Crippen molar-refractivity contribution in [3.8, 4) is 17.0 Å². The minimum Gasteiger partial charge on any atom is -0.480 e. The Balaban J connectivity index is 1.19. The Morgan fingerprint density at radius 1 is 1.09 bits per heavy atom. The maximum Gasteiger partial charge on any atom is 0.429 e. The molecule has 4 N–H and O–H groups in total. The molecule has 2 aliphatic heterocycles. The number of nitrogens with one attached hydrogen (secondary N) is 1. The number of anilines is 2. The van der Waals surface area contributed by atoms with E-state index < -0.39 is 24.3 Å². The minimum atomic E-state index is -4.73. The van der Waals surface area contributed by atoms with Crippen LogP contribution in [0.15, 0.2) is 65.7 Å². The number of carbonyl (C=O) groups is 1. The number of hydrogen-bond acceptors (Lipinski definition) is 9. The molecule has 2 aliphatic rings. The summed E-state index contributed by atoms with van der Waals surface area (Å²) in [6.07, 6.45) is -2.27. The van der Waals surface area contributed by atoms with Gasteiger partial charge in [-0.1, -0.05) is 43.3 Å². The average Bonchev–Trinajstić information content (AvgIpc) is 3.40. The van der Waals surface area contributed by atoms with Crippen molar-refractivity contribution in [1.82, 2.24) is 20.3 Å². The van der Waals surface area contributed by atoms with Crippen LogP contribution in [0.1, 0.15) is 44.3 Å². The highest BCUT2D eigenvalue weighted by molar-refractivity contribution is 7.98. The molecule has 6 rings (SSSR count). The average molecular weight is 653 g/mol. The number of hydrogen-bond donors (Lipinski definition) is 3. The van der Waals surface area contributed by atoms with Gasteiger partial charge in [-0.25, -0.2) is 4.98 Å². The first kappa shape index (κ1) is 31.9. The number of aromatic nitrogens is 3. The highest BCUT2D eigenvalue weighted by atomic mass is 32.2. The van der Waals surface area contributed by atoms with Crippen LogP contribution >= 0.6 is 11.8 Å². The van der Waals surface area contributed by atoms with E-state index in [0.717, 1.165) is 33.5 Å². The van der Waals surface area contributed by atoms with Gasteiger partial charge in [0, 0.05) is 36.1 Å². The Bertz CT molecular complexity index is 1730. The van der Waals surface area contributed by atoms with Gasteiger partial charge in [0.05, 0.1) is 10.5 Å². The largest absolute Gasteiger partial charge is 0.480 e. The summed E-state index contributed by atoms with van der Waals surface area (Å²) in [4.78, 5) is 26.4. The molecule has 2 aromatic carbocycles. The molecular formula is C33H35F3N6O3S. The zero-order valence-corrected chi connectivity index (χ0v) is 26.2. The minimum absolute atomic E-state index is 0.0747. The lowest BCUT2D eigenvalue weighted by atomic mass is 9.71. The van der Waals surface area contributed by atoms with Crippen LogP contribution in [-0.4, -0.2) is 63.6 Å². The summed E-state index contributed by atoms with van der Waals surface area (Å²) in [5.41, 5.74) is 8.17. The van der Waals surface area contributed by atoms with Crippen molar-refractivity contribution in [3.63, 3.8) is 0 Å². The Labute approximate surface area is 268 Å². The molecule has 1 spiro atoms. The van der Waals surface area contributed by atoms with Gasteiger partial charge in [-0.15, -0.1) is 11.8 Å². The molecule has 13 heteroatoms. The first-order valence-electron chi connectivity index (χ1n) is 15.1. The van der Waals surface area contributed by atoms with Crippen LogP contribution in [0.25, 0.3) is 22.0 Å². The summed E-state index contributed by atoms with van der Waals surface area (Å²) in [6, 6.07) is 16.7. The molecule has 2 saturated heterocycles. The summed E-state index contributed by atoms with van der Waals surface area (Å²) in [6.45, 7) is 3.14. The lowest BCUT2D eigenvalue weighted by Gasteiger charge is -2.43. The van der Waals surface area contributed by atoms with E-state index in [1.54, 1.807) is 23.9 Å². The van der Waals surface area contributed by atoms with Crippen molar-refractivity contribution in [1.29, 1.82) is 0 Å². The van der Waals surface area contributed by atoms with E-state index in [1.807, 2.05) is 48.4 Å². The highest BCUT2D eigenvalue weighted by Crippen LogP contribution is 2.46. The molecule has 0 aliphatic carbocycles. The standard InChI is InChI=1S/C33H35F3N6O3S/c1-3-25-32(18-24(38-25)30(43)44)12-14-42(15-13-32)26-17-27(41-31(37)40-26)45-29(33(34,35)36)20-6-4-19(5-7-20)21-8-10-23-22(16-21)9-11-28(39-23)46-2/h4-11,16-17,24-25,29,38H,3,12-15,18H2,1-2H3,(H,43,44)(H2,37,40,41)/t24?,25?,29-/m1/s1. The number of piperidine rings is 1. The van der Waals surface area contributed by atoms with Crippen molar-refractivity contribution in [2.24, 2.45) is 5.41 Å². The molecule has 0 bridgehead atoms. The molecule has 0 saturated carbocycles. The summed E-state index contributed by atoms with van der Waals surface area (Å²) >= 11 is 1.55. The molecule has 2 fully saturated rings. The number of carboxylic acids is 1. The van der Waals surface area contributed by atoms with Crippen LogP contribution in [-0.2, 0) is 4.79 Å². The fourth-order valence-corrected chi connectivity index (χ4v) is 7.21. The SMILES string of the molecule is CCC1NC(C(=O)O)CC12CCN(c1cc(O[C@H](c3ccc(-c4ccc5nc(SC)ccc5c4)cc3)C(F)(F)F)nc(N)n1)CC2. The molecule has 2 aromatic heterocycles. The van der Waals surface area contributed by atoms with Gasteiger partial charge in [0.15, 0.2) is 0 Å². The van der Waals surface area contributed by atoms with Crippen LogP contribution in [0.4, 0.5) is 24.9 Å². The van der Waals surface area contributed by atoms with Gasteiger partial charge >= 0.3 is 12.1 Å². The predicted octanol–water partition coefficient (Wildman–Crippen LogP) is 6.49. The summed E-state index contributed by atoms with van der Waals surface area (Å²) in [5, 5.41) is 14.7. The smallest absolute Gasteiger partial charge is 0.429 e. The van der Waals surface area contributed by atoms with Crippen LogP contribution in [0, 0.1) is 5.41 Å². The maximum absolute atomic E-state index is 14.4. The van der Waals surface area contributed by atoms with Gasteiger partial charge in [-0.2, -0.15) is 23.1 Å². The van der Waals surface area contributed by atoms with Crippen molar-refractivity contribution in [2.75, 3.05) is 30.0 Å². The fraction of sp³-hybridized carbons (Fsp3) is 0.394. The van der Waals surface area contributed by atoms with E-state index in [2.05, 4.69) is 20.3 Å². The van der Waals surface area contributed by atoms with Gasteiger partial charge < -0.3 is 25.8 Å². The number of nitrogens with two attached hydrogens (primary N) is 1. The second-order valence-electron chi connectivity index (χ2n) is 11.9. The third kappa shape index (κ3) is 6.43. The van der Waals surface area contributed by atoms with Gasteiger partial charge in [0.2, 0.25) is 17.9 Å². The number of ether oxygens (including phenoxy) is 1. The number of benzene rings is 2. The summed E-state index contributed by atoms with van der Waals surface area (Å²) in [7, 11) is 0. The number of nitrogens with zero attached hydrogens (tertiary/aromatic N) is 4. The van der Waals surface area contributed by atoms with Crippen LogP contribution in [0.5, 0.6) is 5.88 Å². The Hall–Kier alpha value is -4.10. The van der Waals surface area contributed by atoms with Crippen molar-refractivity contribution >= 4 is 40.4 Å². The highest BCUT2D eigenvalue weighted by Gasteiger charge is 2.50. The number of nitrogen functional groups attached to an aromatic ring is 1. The molecule has 9 nitrogen and oxygen atoms in total. The quantitative estimate of drug-likeness (QED) is 0.182. The number of rotatable bonds is 8. The van der Waals surface area contributed by atoms with Gasteiger partial charge in [-0.05, 0) is 66.7 Å². The molecule has 3 atom stereocenters. The molecule has 242 valence electrons. The van der Waals surface area contributed by atoms with Gasteiger partial charge in [0.25, 0.3) is 0 Å². The normalized spacial score (nSPS) is 20.2. The van der Waals surface area contributed by atoms with E-state index >= 15 is 0 Å². The van der Waals surface area contributed by atoms with E-state index in [4.69, 9.17) is 10.5 Å². The molecule has 46 heavy (non-hydrogen) atoms. The van der Waals surface area contributed by atoms with E-state index in [-0.39, 0.29) is 28.8 Å². The number of pyridine rings is 1. The fourth-order valence-electron chi connectivity index (χ4n) is 6.82.